The highest BCUT2D eigenvalue weighted by atomic mass is 79.9. The average Bonchev–Trinajstić information content (AvgIpc) is 2.09. The maximum Gasteiger partial charge on any atom is 0.0991 e. The number of nitrogens with two attached hydrogens (primary N) is 1. The summed E-state index contributed by atoms with van der Waals surface area (Å²) in [4.78, 5) is 2.01. The number of benzene rings is 1. The normalized spacial score (nSPS) is 13.3. The topological polar surface area (TPSA) is 41.3 Å². The number of rotatable bonds is 3. The molecule has 13 heavy (non-hydrogen) atoms. The fourth-order valence-electron chi connectivity index (χ4n) is 1.21. The van der Waals surface area contributed by atoms with Gasteiger partial charge in [-0.1, -0.05) is 34.1 Å². The van der Waals surface area contributed by atoms with Crippen LogP contribution in [0, 0.1) is 0 Å². The Balaban J connectivity index is 2.97. The fraction of sp³-hybridized carbons (Fsp3) is 0.333. The van der Waals surface area contributed by atoms with Crippen LogP contribution in [0.4, 0.5) is 0 Å². The summed E-state index contributed by atoms with van der Waals surface area (Å²) >= 11 is 3.48. The Bertz CT molecular complexity index is 275. The van der Waals surface area contributed by atoms with Gasteiger partial charge in [-0.15, -0.1) is 0 Å². The third-order valence-electron chi connectivity index (χ3n) is 1.87. The van der Waals surface area contributed by atoms with Gasteiger partial charge < -0.3 is 0 Å². The quantitative estimate of drug-likeness (QED) is 0.480. The van der Waals surface area contributed by atoms with Gasteiger partial charge in [0, 0.05) is 4.47 Å². The summed E-state index contributed by atoms with van der Waals surface area (Å²) in [6.07, 6.45) is 0.0376. The van der Waals surface area contributed by atoms with Crippen LogP contribution in [0.5, 0.6) is 0 Å². The van der Waals surface area contributed by atoms with E-state index in [-0.39, 0.29) is 6.17 Å². The monoisotopic (exact) mass is 243 g/mol. The van der Waals surface area contributed by atoms with E-state index in [0.29, 0.717) is 0 Å². The number of hydrogen-bond donors (Lipinski definition) is 2. The Morgan fingerprint density at radius 1 is 1.38 bits per heavy atom. The van der Waals surface area contributed by atoms with Gasteiger partial charge in [0.15, 0.2) is 0 Å². The van der Waals surface area contributed by atoms with Crippen molar-refractivity contribution < 1.29 is 0 Å². The lowest BCUT2D eigenvalue weighted by Crippen LogP contribution is -2.37. The zero-order valence-corrected chi connectivity index (χ0v) is 9.38. The third kappa shape index (κ3) is 2.51. The van der Waals surface area contributed by atoms with Gasteiger partial charge in [-0.05, 0) is 25.7 Å². The van der Waals surface area contributed by atoms with Gasteiger partial charge in [0.05, 0.1) is 6.17 Å². The van der Waals surface area contributed by atoms with Gasteiger partial charge in [0.2, 0.25) is 0 Å². The first-order valence-corrected chi connectivity index (χ1v) is 4.83. The third-order valence-corrected chi connectivity index (χ3v) is 2.60. The molecule has 72 valence electrons. The maximum atomic E-state index is 5.46. The van der Waals surface area contributed by atoms with E-state index < -0.39 is 0 Å². The zero-order valence-electron chi connectivity index (χ0n) is 7.79. The van der Waals surface area contributed by atoms with Crippen molar-refractivity contribution in [2.45, 2.75) is 6.17 Å². The predicted octanol–water partition coefficient (Wildman–Crippen LogP) is 1.47. The van der Waals surface area contributed by atoms with Crippen molar-refractivity contribution in [2.24, 2.45) is 5.84 Å². The number of hydrazine groups is 1. The molecule has 1 unspecified atom stereocenters. The molecule has 0 fully saturated rings. The molecule has 0 spiro atoms. The minimum Gasteiger partial charge on any atom is -0.289 e. The highest BCUT2D eigenvalue weighted by Gasteiger charge is 2.13. The highest BCUT2D eigenvalue weighted by Crippen LogP contribution is 2.23. The van der Waals surface area contributed by atoms with Crippen LogP contribution < -0.4 is 11.3 Å². The lowest BCUT2D eigenvalue weighted by molar-refractivity contribution is 0.252. The van der Waals surface area contributed by atoms with Gasteiger partial charge >= 0.3 is 0 Å². The summed E-state index contributed by atoms with van der Waals surface area (Å²) in [6.45, 7) is 0. The number of nitrogens with one attached hydrogen (secondary N) is 1. The van der Waals surface area contributed by atoms with Crippen LogP contribution in [0.3, 0.4) is 0 Å². The van der Waals surface area contributed by atoms with Crippen molar-refractivity contribution in [1.82, 2.24) is 10.3 Å². The van der Waals surface area contributed by atoms with E-state index in [2.05, 4.69) is 21.4 Å². The van der Waals surface area contributed by atoms with E-state index in [1.165, 1.54) is 0 Å². The molecule has 3 N–H and O–H groups in total. The van der Waals surface area contributed by atoms with Gasteiger partial charge in [0.1, 0.15) is 0 Å². The first-order valence-electron chi connectivity index (χ1n) is 4.03. The van der Waals surface area contributed by atoms with E-state index >= 15 is 0 Å². The summed E-state index contributed by atoms with van der Waals surface area (Å²) in [7, 11) is 3.95. The molecule has 0 aliphatic rings. The zero-order chi connectivity index (χ0) is 9.84. The molecule has 0 radical (unpaired) electrons. The van der Waals surface area contributed by atoms with E-state index in [9.17, 15) is 0 Å². The van der Waals surface area contributed by atoms with Crippen molar-refractivity contribution in [3.05, 3.63) is 34.3 Å². The Morgan fingerprint density at radius 3 is 2.46 bits per heavy atom. The molecule has 0 saturated heterocycles. The molecule has 0 aliphatic heterocycles. The summed E-state index contributed by atoms with van der Waals surface area (Å²) in [5.41, 5.74) is 3.89. The van der Waals surface area contributed by atoms with Gasteiger partial charge in [-0.3, -0.25) is 10.7 Å². The Labute approximate surface area is 87.0 Å². The van der Waals surface area contributed by atoms with Crippen molar-refractivity contribution in [2.75, 3.05) is 14.1 Å². The smallest absolute Gasteiger partial charge is 0.0991 e. The van der Waals surface area contributed by atoms with Crippen LogP contribution in [0.2, 0.25) is 0 Å². The Kier molecular flexibility index (Phi) is 3.87. The molecule has 0 aliphatic carbocycles. The van der Waals surface area contributed by atoms with E-state index in [1.54, 1.807) is 0 Å². The van der Waals surface area contributed by atoms with E-state index in [4.69, 9.17) is 5.84 Å². The fourth-order valence-corrected chi connectivity index (χ4v) is 1.72. The Hall–Kier alpha value is -0.420. The Morgan fingerprint density at radius 2 is 2.00 bits per heavy atom. The molecule has 0 amide bonds. The molecule has 4 heteroatoms. The SMILES string of the molecule is CN(C)C(NN)c1ccccc1Br. The molecule has 1 aromatic carbocycles. The second-order valence-electron chi connectivity index (χ2n) is 3.05. The number of nitrogens with zero attached hydrogens (tertiary/aromatic N) is 1. The lowest BCUT2D eigenvalue weighted by atomic mass is 10.1. The van der Waals surface area contributed by atoms with Crippen molar-refractivity contribution >= 4 is 15.9 Å². The molecule has 0 heterocycles. The van der Waals surface area contributed by atoms with Crippen LogP contribution in [-0.2, 0) is 0 Å². The molecule has 1 aromatic rings. The molecule has 0 saturated carbocycles. The van der Waals surface area contributed by atoms with Crippen molar-refractivity contribution in [3.63, 3.8) is 0 Å². The van der Waals surface area contributed by atoms with Gasteiger partial charge in [0.25, 0.3) is 0 Å². The van der Waals surface area contributed by atoms with Gasteiger partial charge in [-0.2, -0.15) is 0 Å². The van der Waals surface area contributed by atoms with Crippen LogP contribution in [0.15, 0.2) is 28.7 Å². The lowest BCUT2D eigenvalue weighted by Gasteiger charge is -2.24. The molecule has 0 bridgehead atoms. The molecule has 1 rings (SSSR count). The number of hydrogen-bond acceptors (Lipinski definition) is 3. The van der Waals surface area contributed by atoms with Crippen molar-refractivity contribution in [3.8, 4) is 0 Å². The van der Waals surface area contributed by atoms with Crippen LogP contribution in [-0.4, -0.2) is 19.0 Å². The molecule has 0 aromatic heterocycles. The first kappa shape index (κ1) is 10.7. The van der Waals surface area contributed by atoms with Crippen molar-refractivity contribution in [1.29, 1.82) is 0 Å². The molecule has 3 nitrogen and oxygen atoms in total. The molecular weight excluding hydrogens is 230 g/mol. The van der Waals surface area contributed by atoms with E-state index in [0.717, 1.165) is 10.0 Å². The van der Waals surface area contributed by atoms with Crippen LogP contribution >= 0.6 is 15.9 Å². The minimum atomic E-state index is 0.0376. The minimum absolute atomic E-state index is 0.0376. The van der Waals surface area contributed by atoms with E-state index in [1.807, 2.05) is 43.3 Å². The van der Waals surface area contributed by atoms with Crippen LogP contribution in [0.1, 0.15) is 11.7 Å². The average molecular weight is 244 g/mol. The maximum absolute atomic E-state index is 5.46. The summed E-state index contributed by atoms with van der Waals surface area (Å²) in [5, 5.41) is 0. The number of halogens is 1. The highest BCUT2D eigenvalue weighted by molar-refractivity contribution is 9.10. The molecule has 1 atom stereocenters. The van der Waals surface area contributed by atoms with Crippen LogP contribution in [0.25, 0.3) is 0 Å². The first-order chi connectivity index (χ1) is 6.16. The largest absolute Gasteiger partial charge is 0.289 e. The predicted molar refractivity (Wildman–Crippen MR) is 57.9 cm³/mol. The summed E-state index contributed by atoms with van der Waals surface area (Å²) in [5.74, 6) is 5.46. The summed E-state index contributed by atoms with van der Waals surface area (Å²) < 4.78 is 1.06. The summed E-state index contributed by atoms with van der Waals surface area (Å²) in [6, 6.07) is 8.02. The second kappa shape index (κ2) is 4.72. The molecular formula is C9H14BrN3. The van der Waals surface area contributed by atoms with Gasteiger partial charge in [-0.25, -0.2) is 5.43 Å². The second-order valence-corrected chi connectivity index (χ2v) is 3.91. The standard InChI is InChI=1S/C9H14BrN3/c1-13(2)9(12-11)7-5-3-4-6-8(7)10/h3-6,9,12H,11H2,1-2H3.